The molecule has 1 aliphatic rings. The summed E-state index contributed by atoms with van der Waals surface area (Å²) < 4.78 is 0. The summed E-state index contributed by atoms with van der Waals surface area (Å²) in [6, 6.07) is 32.4. The molecule has 2 radical (unpaired) electrons. The van der Waals surface area contributed by atoms with E-state index < -0.39 is 0 Å². The fourth-order valence-corrected chi connectivity index (χ4v) is 2.67. The SMILES string of the molecule is C1C[Si]C1.[Zr+2].c1ccc2[cH-]ccc2c1.c1ccc2[cH-]ccc2c1. The first-order valence-corrected chi connectivity index (χ1v) is 9.26. The van der Waals surface area contributed by atoms with E-state index in [0.717, 1.165) is 0 Å². The van der Waals surface area contributed by atoms with E-state index in [2.05, 4.69) is 84.9 Å². The van der Waals surface area contributed by atoms with Gasteiger partial charge in [-0.25, -0.2) is 0 Å². The molecule has 0 unspecified atom stereocenters. The summed E-state index contributed by atoms with van der Waals surface area (Å²) >= 11 is 0. The molecule has 5 rings (SSSR count). The number of rotatable bonds is 0. The number of hydrogen-bond donors (Lipinski definition) is 0. The molecule has 0 saturated carbocycles. The standard InChI is InChI=1S/2C9H7.C3H6Si.Zr/c2*1-2-5-9-7-3-6-8(9)4-1;1-2-4-3-1;/h2*1-7H;1-3H2;/q2*-1;;+2. The Labute approximate surface area is 160 Å². The fraction of sp³-hybridized carbons (Fsp3) is 0.143. The molecular formula is C21H20SiZr. The average Bonchev–Trinajstić information content (AvgIpc) is 3.15. The summed E-state index contributed by atoms with van der Waals surface area (Å²) in [6.07, 6.45) is 1.51. The molecule has 1 heterocycles. The van der Waals surface area contributed by atoms with Gasteiger partial charge in [-0.3, -0.25) is 0 Å². The second-order valence-corrected chi connectivity index (χ2v) is 6.91. The normalized spacial score (nSPS) is 12.2. The zero-order valence-electron chi connectivity index (χ0n) is 13.2. The largest absolute Gasteiger partial charge is 2.00 e. The van der Waals surface area contributed by atoms with Gasteiger partial charge in [0, 0.05) is 9.52 Å². The predicted octanol–water partition coefficient (Wildman–Crippen LogP) is 6.05. The van der Waals surface area contributed by atoms with Gasteiger partial charge < -0.3 is 0 Å². The molecule has 0 amide bonds. The molecule has 0 spiro atoms. The van der Waals surface area contributed by atoms with Gasteiger partial charge in [0.05, 0.1) is 0 Å². The molecule has 4 aromatic carbocycles. The Morgan fingerprint density at radius 2 is 1.04 bits per heavy atom. The van der Waals surface area contributed by atoms with Gasteiger partial charge in [-0.05, 0) is 0 Å². The minimum Gasteiger partial charge on any atom is -0.168 e. The molecule has 4 aromatic rings. The molecule has 2 heteroatoms. The first kappa shape index (κ1) is 18.1. The van der Waals surface area contributed by atoms with Gasteiger partial charge in [0.15, 0.2) is 0 Å². The first-order valence-electron chi connectivity index (χ1n) is 7.85. The van der Waals surface area contributed by atoms with E-state index in [1.807, 2.05) is 0 Å². The van der Waals surface area contributed by atoms with Crippen LogP contribution in [0.4, 0.5) is 0 Å². The summed E-state index contributed by atoms with van der Waals surface area (Å²) in [5.74, 6) is 0. The maximum Gasteiger partial charge on any atom is 2.00 e. The van der Waals surface area contributed by atoms with E-state index in [1.54, 1.807) is 0 Å². The average molecular weight is 392 g/mol. The Bertz CT molecular complexity index is 678. The Kier molecular flexibility index (Phi) is 7.71. The van der Waals surface area contributed by atoms with E-state index in [4.69, 9.17) is 0 Å². The molecule has 0 aromatic heterocycles. The predicted molar refractivity (Wildman–Crippen MR) is 99.1 cm³/mol. The zero-order chi connectivity index (χ0) is 15.0. The van der Waals surface area contributed by atoms with Crippen LogP contribution in [0, 0.1) is 0 Å². The van der Waals surface area contributed by atoms with E-state index in [-0.39, 0.29) is 26.2 Å². The quantitative estimate of drug-likeness (QED) is 0.253. The van der Waals surface area contributed by atoms with Crippen LogP contribution in [0.1, 0.15) is 6.42 Å². The van der Waals surface area contributed by atoms with E-state index in [9.17, 15) is 0 Å². The maximum atomic E-state index is 2.12. The summed E-state index contributed by atoms with van der Waals surface area (Å²) in [5, 5.41) is 5.32. The molecule has 0 aliphatic carbocycles. The van der Waals surface area contributed by atoms with Crippen LogP contribution < -0.4 is 0 Å². The van der Waals surface area contributed by atoms with Gasteiger partial charge in [-0.2, -0.15) is 35.0 Å². The first-order chi connectivity index (χ1) is 10.9. The number of benzene rings is 2. The number of hydrogen-bond acceptors (Lipinski definition) is 0. The van der Waals surface area contributed by atoms with Crippen molar-refractivity contribution >= 4 is 31.1 Å². The van der Waals surface area contributed by atoms with Crippen molar-refractivity contribution < 1.29 is 26.2 Å². The molecule has 1 aliphatic heterocycles. The minimum absolute atomic E-state index is 0. The van der Waals surface area contributed by atoms with Gasteiger partial charge >= 0.3 is 26.2 Å². The van der Waals surface area contributed by atoms with Crippen LogP contribution in [-0.4, -0.2) is 9.52 Å². The summed E-state index contributed by atoms with van der Waals surface area (Å²) in [7, 11) is 1.32. The topological polar surface area (TPSA) is 0 Å². The summed E-state index contributed by atoms with van der Waals surface area (Å²) in [6.45, 7) is 0. The van der Waals surface area contributed by atoms with Crippen LogP contribution in [0.5, 0.6) is 0 Å². The molecule has 1 fully saturated rings. The molecular weight excluding hydrogens is 372 g/mol. The van der Waals surface area contributed by atoms with Crippen molar-refractivity contribution in [3.63, 3.8) is 0 Å². The van der Waals surface area contributed by atoms with Gasteiger partial charge in [0.1, 0.15) is 0 Å². The van der Waals surface area contributed by atoms with Gasteiger partial charge in [-0.15, -0.1) is 59.3 Å². The van der Waals surface area contributed by atoms with E-state index in [0.29, 0.717) is 0 Å². The Hall–Kier alpha value is -1.24. The smallest absolute Gasteiger partial charge is 0.168 e. The van der Waals surface area contributed by atoms with E-state index >= 15 is 0 Å². The molecule has 0 N–H and O–H groups in total. The second-order valence-electron chi connectivity index (χ2n) is 5.41. The van der Waals surface area contributed by atoms with Crippen molar-refractivity contribution in [3.8, 4) is 0 Å². The number of fused-ring (bicyclic) bond motifs is 2. The molecule has 23 heavy (non-hydrogen) atoms. The Morgan fingerprint density at radius 3 is 1.39 bits per heavy atom. The second kappa shape index (κ2) is 9.80. The van der Waals surface area contributed by atoms with Crippen molar-refractivity contribution in [2.45, 2.75) is 18.5 Å². The zero-order valence-corrected chi connectivity index (χ0v) is 16.7. The van der Waals surface area contributed by atoms with Gasteiger partial charge in [0.25, 0.3) is 0 Å². The van der Waals surface area contributed by atoms with Gasteiger partial charge in [0.2, 0.25) is 0 Å². The van der Waals surface area contributed by atoms with Crippen molar-refractivity contribution in [1.82, 2.24) is 0 Å². The summed E-state index contributed by atoms with van der Waals surface area (Å²) in [4.78, 5) is 0. The van der Waals surface area contributed by atoms with Gasteiger partial charge in [-0.1, -0.05) is 30.6 Å². The van der Waals surface area contributed by atoms with Crippen LogP contribution in [0.25, 0.3) is 21.5 Å². The molecule has 0 atom stereocenters. The van der Waals surface area contributed by atoms with Crippen LogP contribution in [-0.2, 0) is 26.2 Å². The summed E-state index contributed by atoms with van der Waals surface area (Å²) in [5.41, 5.74) is 0. The van der Waals surface area contributed by atoms with Crippen LogP contribution in [0.15, 0.2) is 84.9 Å². The molecule has 112 valence electrons. The Morgan fingerprint density at radius 1 is 0.652 bits per heavy atom. The molecule has 0 bridgehead atoms. The fourth-order valence-electron chi connectivity index (χ4n) is 2.32. The third-order valence-corrected chi connectivity index (χ3v) is 5.22. The van der Waals surface area contributed by atoms with Crippen molar-refractivity contribution in [2.75, 3.05) is 0 Å². The van der Waals surface area contributed by atoms with Crippen molar-refractivity contribution in [3.05, 3.63) is 84.9 Å². The van der Waals surface area contributed by atoms with Crippen LogP contribution in [0.2, 0.25) is 12.1 Å². The maximum absolute atomic E-state index is 2.12. The minimum atomic E-state index is 0. The van der Waals surface area contributed by atoms with Crippen molar-refractivity contribution in [1.29, 1.82) is 0 Å². The van der Waals surface area contributed by atoms with Crippen molar-refractivity contribution in [2.24, 2.45) is 0 Å². The molecule has 0 nitrogen and oxygen atoms in total. The third-order valence-electron chi connectivity index (χ3n) is 3.80. The Balaban J connectivity index is 0.000000131. The van der Waals surface area contributed by atoms with Crippen LogP contribution in [0.3, 0.4) is 0 Å². The third kappa shape index (κ3) is 5.41. The molecule has 1 saturated heterocycles. The van der Waals surface area contributed by atoms with E-state index in [1.165, 1.54) is 49.6 Å². The monoisotopic (exact) mass is 390 g/mol. The van der Waals surface area contributed by atoms with Crippen LogP contribution >= 0.6 is 0 Å².